The van der Waals surface area contributed by atoms with Crippen LogP contribution in [0.4, 0.5) is 0 Å². The van der Waals surface area contributed by atoms with Crippen molar-refractivity contribution in [1.29, 1.82) is 0 Å². The van der Waals surface area contributed by atoms with Gasteiger partial charge < -0.3 is 5.73 Å². The zero-order valence-corrected chi connectivity index (χ0v) is 11.5. The predicted molar refractivity (Wildman–Crippen MR) is 75.6 cm³/mol. The van der Waals surface area contributed by atoms with Crippen LogP contribution in [0.5, 0.6) is 0 Å². The van der Waals surface area contributed by atoms with Crippen LogP contribution in [0.1, 0.15) is 32.5 Å². The molecule has 17 heavy (non-hydrogen) atoms. The zero-order valence-electron chi connectivity index (χ0n) is 10.7. The minimum Gasteiger partial charge on any atom is -0.324 e. The van der Waals surface area contributed by atoms with Crippen LogP contribution in [-0.4, -0.2) is 0 Å². The summed E-state index contributed by atoms with van der Waals surface area (Å²) < 4.78 is 0. The van der Waals surface area contributed by atoms with E-state index < -0.39 is 0 Å². The lowest BCUT2D eigenvalue weighted by Crippen LogP contribution is -2.13. The number of aryl methyl sites for hydroxylation is 3. The Morgan fingerprint density at radius 2 is 1.76 bits per heavy atom. The Kier molecular flexibility index (Phi) is 3.65. The molecule has 0 spiro atoms. The van der Waals surface area contributed by atoms with Crippen LogP contribution >= 0.6 is 11.3 Å². The molecule has 0 saturated heterocycles. The van der Waals surface area contributed by atoms with Gasteiger partial charge in [-0.05, 0) is 44.4 Å². The SMILES string of the molecule is Cc1ccc(CC(N)c2cc(C)sc2C)cc1. The quantitative estimate of drug-likeness (QED) is 0.871. The summed E-state index contributed by atoms with van der Waals surface area (Å²) in [5.41, 5.74) is 10.2. The molecule has 0 radical (unpaired) electrons. The maximum absolute atomic E-state index is 6.29. The van der Waals surface area contributed by atoms with E-state index >= 15 is 0 Å². The highest BCUT2D eigenvalue weighted by atomic mass is 32.1. The summed E-state index contributed by atoms with van der Waals surface area (Å²) in [6.45, 7) is 6.40. The Morgan fingerprint density at radius 3 is 2.29 bits per heavy atom. The van der Waals surface area contributed by atoms with Crippen LogP contribution in [0, 0.1) is 20.8 Å². The van der Waals surface area contributed by atoms with Gasteiger partial charge in [-0.15, -0.1) is 11.3 Å². The van der Waals surface area contributed by atoms with E-state index in [9.17, 15) is 0 Å². The molecule has 0 aliphatic heterocycles. The van der Waals surface area contributed by atoms with Crippen molar-refractivity contribution in [2.45, 2.75) is 33.2 Å². The van der Waals surface area contributed by atoms with Gasteiger partial charge in [-0.1, -0.05) is 29.8 Å². The van der Waals surface area contributed by atoms with Crippen LogP contribution in [-0.2, 0) is 6.42 Å². The molecule has 2 rings (SSSR count). The average Bonchev–Trinajstić information content (AvgIpc) is 2.61. The lowest BCUT2D eigenvalue weighted by atomic mass is 9.99. The smallest absolute Gasteiger partial charge is 0.0346 e. The highest BCUT2D eigenvalue weighted by molar-refractivity contribution is 7.12. The molecule has 0 fully saturated rings. The van der Waals surface area contributed by atoms with Gasteiger partial charge >= 0.3 is 0 Å². The molecule has 1 atom stereocenters. The van der Waals surface area contributed by atoms with E-state index in [-0.39, 0.29) is 6.04 Å². The molecule has 1 nitrogen and oxygen atoms in total. The van der Waals surface area contributed by atoms with Gasteiger partial charge in [0.2, 0.25) is 0 Å². The minimum atomic E-state index is 0.114. The normalized spacial score (nSPS) is 12.7. The Balaban J connectivity index is 2.14. The second-order valence-corrected chi connectivity index (χ2v) is 6.13. The zero-order chi connectivity index (χ0) is 12.4. The molecule has 90 valence electrons. The Hall–Kier alpha value is -1.12. The predicted octanol–water partition coefficient (Wildman–Crippen LogP) is 3.92. The van der Waals surface area contributed by atoms with E-state index in [0.29, 0.717) is 0 Å². The number of rotatable bonds is 3. The Labute approximate surface area is 107 Å². The standard InChI is InChI=1S/C15H19NS/c1-10-4-6-13(7-5-10)9-15(16)14-8-11(2)17-12(14)3/h4-8,15H,9,16H2,1-3H3. The third kappa shape index (κ3) is 2.96. The van der Waals surface area contributed by atoms with Crippen molar-refractivity contribution in [2.75, 3.05) is 0 Å². The lowest BCUT2D eigenvalue weighted by Gasteiger charge is -2.11. The number of hydrogen-bond donors (Lipinski definition) is 1. The van der Waals surface area contributed by atoms with Gasteiger partial charge in [-0.25, -0.2) is 0 Å². The first kappa shape index (κ1) is 12.3. The van der Waals surface area contributed by atoms with Crippen LogP contribution in [0.2, 0.25) is 0 Å². The summed E-state index contributed by atoms with van der Waals surface area (Å²) in [4.78, 5) is 2.69. The van der Waals surface area contributed by atoms with Crippen LogP contribution in [0.15, 0.2) is 30.3 Å². The van der Waals surface area contributed by atoms with E-state index in [1.807, 2.05) is 11.3 Å². The summed E-state index contributed by atoms with van der Waals surface area (Å²) >= 11 is 1.83. The van der Waals surface area contributed by atoms with Gasteiger partial charge in [0.15, 0.2) is 0 Å². The van der Waals surface area contributed by atoms with E-state index in [4.69, 9.17) is 5.73 Å². The van der Waals surface area contributed by atoms with Gasteiger partial charge in [0.1, 0.15) is 0 Å². The molecule has 1 aromatic carbocycles. The van der Waals surface area contributed by atoms with Gasteiger partial charge in [-0.3, -0.25) is 0 Å². The monoisotopic (exact) mass is 245 g/mol. The largest absolute Gasteiger partial charge is 0.324 e. The van der Waals surface area contributed by atoms with Crippen LogP contribution in [0.3, 0.4) is 0 Å². The average molecular weight is 245 g/mol. The van der Waals surface area contributed by atoms with Crippen molar-refractivity contribution in [3.63, 3.8) is 0 Å². The van der Waals surface area contributed by atoms with Crippen molar-refractivity contribution in [3.8, 4) is 0 Å². The fraction of sp³-hybridized carbons (Fsp3) is 0.333. The van der Waals surface area contributed by atoms with Gasteiger partial charge in [0.05, 0.1) is 0 Å². The minimum absolute atomic E-state index is 0.114. The number of hydrogen-bond acceptors (Lipinski definition) is 2. The Bertz CT molecular complexity index is 496. The topological polar surface area (TPSA) is 26.0 Å². The van der Waals surface area contributed by atoms with E-state index in [0.717, 1.165) is 6.42 Å². The van der Waals surface area contributed by atoms with Gasteiger partial charge in [0, 0.05) is 15.8 Å². The van der Waals surface area contributed by atoms with Crippen molar-refractivity contribution in [3.05, 3.63) is 56.8 Å². The molecule has 0 bridgehead atoms. The lowest BCUT2D eigenvalue weighted by molar-refractivity contribution is 0.720. The summed E-state index contributed by atoms with van der Waals surface area (Å²) in [5.74, 6) is 0. The van der Waals surface area contributed by atoms with E-state index in [1.54, 1.807) is 0 Å². The summed E-state index contributed by atoms with van der Waals surface area (Å²) in [5, 5.41) is 0. The van der Waals surface area contributed by atoms with E-state index in [2.05, 4.69) is 51.1 Å². The van der Waals surface area contributed by atoms with Crippen molar-refractivity contribution < 1.29 is 0 Å². The summed E-state index contributed by atoms with van der Waals surface area (Å²) in [7, 11) is 0. The van der Waals surface area contributed by atoms with Crippen molar-refractivity contribution >= 4 is 11.3 Å². The molecular weight excluding hydrogens is 226 g/mol. The molecule has 0 amide bonds. The number of benzene rings is 1. The third-order valence-electron chi connectivity index (χ3n) is 3.06. The molecule has 2 aromatic rings. The van der Waals surface area contributed by atoms with Crippen LogP contribution in [0.25, 0.3) is 0 Å². The fourth-order valence-corrected chi connectivity index (χ4v) is 3.10. The second kappa shape index (κ2) is 5.03. The molecule has 1 heterocycles. The van der Waals surface area contributed by atoms with Gasteiger partial charge in [-0.2, -0.15) is 0 Å². The number of thiophene rings is 1. The highest BCUT2D eigenvalue weighted by Crippen LogP contribution is 2.27. The maximum Gasteiger partial charge on any atom is 0.0346 e. The molecule has 0 saturated carbocycles. The summed E-state index contributed by atoms with van der Waals surface area (Å²) in [6, 6.07) is 11.0. The molecule has 0 aliphatic carbocycles. The third-order valence-corrected chi connectivity index (χ3v) is 4.04. The first-order valence-corrected chi connectivity index (χ1v) is 6.76. The molecule has 0 aliphatic rings. The molecule has 1 unspecified atom stereocenters. The fourth-order valence-electron chi connectivity index (χ4n) is 2.11. The van der Waals surface area contributed by atoms with Crippen LogP contribution < -0.4 is 5.73 Å². The van der Waals surface area contributed by atoms with Crippen molar-refractivity contribution in [1.82, 2.24) is 0 Å². The molecule has 1 aromatic heterocycles. The molecule has 2 heteroatoms. The first-order valence-electron chi connectivity index (χ1n) is 5.94. The maximum atomic E-state index is 6.29. The number of nitrogens with two attached hydrogens (primary N) is 1. The first-order chi connectivity index (χ1) is 8.06. The summed E-state index contributed by atoms with van der Waals surface area (Å²) in [6.07, 6.45) is 0.914. The molecular formula is C15H19NS. The highest BCUT2D eigenvalue weighted by Gasteiger charge is 2.12. The van der Waals surface area contributed by atoms with Crippen molar-refractivity contribution in [2.24, 2.45) is 5.73 Å². The molecule has 2 N–H and O–H groups in total. The van der Waals surface area contributed by atoms with Gasteiger partial charge in [0.25, 0.3) is 0 Å². The van der Waals surface area contributed by atoms with E-state index in [1.165, 1.54) is 26.4 Å². The second-order valence-electron chi connectivity index (χ2n) is 4.66. The Morgan fingerprint density at radius 1 is 1.12 bits per heavy atom.